The van der Waals surface area contributed by atoms with Crippen LogP contribution >= 0.6 is 35.6 Å². The molecule has 0 atom stereocenters. The van der Waals surface area contributed by atoms with E-state index in [2.05, 4.69) is 10.3 Å². The summed E-state index contributed by atoms with van der Waals surface area (Å²) in [6, 6.07) is 5.37. The Morgan fingerprint density at radius 3 is 2.25 bits per heavy atom. The normalized spacial score (nSPS) is 23.2. The highest BCUT2D eigenvalue weighted by atomic mass is 35.5. The third-order valence-corrected chi connectivity index (χ3v) is 9.09. The first kappa shape index (κ1) is 23.6. The van der Waals surface area contributed by atoms with E-state index < -0.39 is 9.84 Å². The fourth-order valence-electron chi connectivity index (χ4n) is 5.13. The van der Waals surface area contributed by atoms with Crippen LogP contribution in [-0.2, 0) is 9.84 Å². The van der Waals surface area contributed by atoms with Crippen molar-refractivity contribution in [2.45, 2.75) is 37.5 Å². The van der Waals surface area contributed by atoms with Crippen LogP contribution in [0.1, 0.15) is 59.0 Å². The number of aromatic nitrogens is 1. The van der Waals surface area contributed by atoms with Crippen LogP contribution in [0.2, 0.25) is 10.0 Å². The van der Waals surface area contributed by atoms with Crippen LogP contribution < -0.4 is 5.32 Å². The summed E-state index contributed by atoms with van der Waals surface area (Å²) in [4.78, 5) is 19.7. The van der Waals surface area contributed by atoms with E-state index >= 15 is 0 Å². The minimum absolute atomic E-state index is 0. The molecule has 2 bridgehead atoms. The van der Waals surface area contributed by atoms with E-state index in [1.807, 2.05) is 6.07 Å². The monoisotopic (exact) mass is 515 g/mol. The lowest BCUT2D eigenvalue weighted by Crippen LogP contribution is -2.44. The van der Waals surface area contributed by atoms with Gasteiger partial charge < -0.3 is 10.2 Å². The molecule has 2 heterocycles. The van der Waals surface area contributed by atoms with Crippen LogP contribution in [0, 0.1) is 0 Å². The molecule has 10 heteroatoms. The van der Waals surface area contributed by atoms with E-state index in [9.17, 15) is 13.2 Å². The molecule has 172 valence electrons. The first-order chi connectivity index (χ1) is 14.8. The molecule has 4 aliphatic rings. The lowest BCUT2D eigenvalue weighted by molar-refractivity contribution is 0.0767. The Labute approximate surface area is 204 Å². The van der Waals surface area contributed by atoms with Gasteiger partial charge in [0.25, 0.3) is 5.91 Å². The molecule has 2 aromatic rings. The van der Waals surface area contributed by atoms with Crippen LogP contribution in [0.5, 0.6) is 0 Å². The molecule has 1 aliphatic heterocycles. The van der Waals surface area contributed by atoms with E-state index in [-0.39, 0.29) is 42.9 Å². The Hall–Kier alpha value is -1.54. The predicted molar refractivity (Wildman–Crippen MR) is 130 cm³/mol. The number of hydrogen-bond acceptors (Lipinski definition) is 5. The number of halogens is 3. The second-order valence-corrected chi connectivity index (χ2v) is 11.7. The van der Waals surface area contributed by atoms with Gasteiger partial charge in [-0.05, 0) is 61.3 Å². The number of sulfone groups is 1. The second-order valence-electron chi connectivity index (χ2n) is 8.59. The highest BCUT2D eigenvalue weighted by molar-refractivity contribution is 7.91. The Bertz CT molecular complexity index is 1150. The van der Waals surface area contributed by atoms with Gasteiger partial charge in [-0.25, -0.2) is 13.4 Å². The maximum absolute atomic E-state index is 13.3. The molecule has 6 rings (SSSR count). The molecule has 0 spiro atoms. The number of anilines is 2. The topological polar surface area (TPSA) is 79.4 Å². The van der Waals surface area contributed by atoms with E-state index in [1.54, 1.807) is 23.2 Å². The molecular formula is C22H24Cl3N3O3S. The first-order valence-electron chi connectivity index (χ1n) is 10.6. The lowest BCUT2D eigenvalue weighted by Gasteiger charge is -2.40. The summed E-state index contributed by atoms with van der Waals surface area (Å²) in [5.74, 6) is 1.42. The smallest absolute Gasteiger partial charge is 0.255 e. The van der Waals surface area contributed by atoms with Gasteiger partial charge in [0, 0.05) is 30.5 Å². The predicted octanol–water partition coefficient (Wildman–Crippen LogP) is 5.18. The minimum Gasteiger partial charge on any atom is -0.340 e. The number of rotatable bonds is 3. The van der Waals surface area contributed by atoms with Crippen molar-refractivity contribution in [3.63, 3.8) is 0 Å². The number of nitrogens with one attached hydrogen (secondary N) is 1. The standard InChI is InChI=1S/C22H23Cl2N3O3S.ClH/c23-17-6-5-15(11-18(17)24)26-21-20-14-3-1-13(2-4-14)19(20)16(12-25-21)22(28)27-7-9-31(29,30)10-8-27;/h5-6,11-14H,1-4,7-10H2,(H,25,26);1H. The van der Waals surface area contributed by atoms with Crippen LogP contribution in [0.15, 0.2) is 24.4 Å². The van der Waals surface area contributed by atoms with Crippen molar-refractivity contribution in [3.05, 3.63) is 51.1 Å². The van der Waals surface area contributed by atoms with Gasteiger partial charge in [0.05, 0.1) is 27.1 Å². The van der Waals surface area contributed by atoms with Crippen LogP contribution in [0.25, 0.3) is 0 Å². The summed E-state index contributed by atoms with van der Waals surface area (Å²) in [7, 11) is -3.04. The average Bonchev–Trinajstić information content (AvgIpc) is 2.77. The van der Waals surface area contributed by atoms with Gasteiger partial charge in [-0.2, -0.15) is 0 Å². The van der Waals surface area contributed by atoms with Crippen LogP contribution in [-0.4, -0.2) is 48.8 Å². The molecule has 0 radical (unpaired) electrons. The van der Waals surface area contributed by atoms with Crippen LogP contribution in [0.3, 0.4) is 0 Å². The highest BCUT2D eigenvalue weighted by Crippen LogP contribution is 2.52. The van der Waals surface area contributed by atoms with Crippen molar-refractivity contribution in [1.29, 1.82) is 0 Å². The largest absolute Gasteiger partial charge is 0.340 e. The second kappa shape index (κ2) is 9.01. The zero-order valence-corrected chi connectivity index (χ0v) is 20.5. The van der Waals surface area contributed by atoms with Crippen molar-refractivity contribution in [3.8, 4) is 0 Å². The minimum atomic E-state index is -3.04. The quantitative estimate of drug-likeness (QED) is 0.608. The summed E-state index contributed by atoms with van der Waals surface area (Å²) >= 11 is 12.2. The van der Waals surface area contributed by atoms with Gasteiger partial charge in [-0.1, -0.05) is 23.2 Å². The van der Waals surface area contributed by atoms with Crippen LogP contribution in [0.4, 0.5) is 11.5 Å². The number of fused-ring (bicyclic) bond motifs is 2. The number of nitrogens with zero attached hydrogens (tertiary/aromatic N) is 2. The van der Waals surface area contributed by atoms with Gasteiger partial charge in [-0.3, -0.25) is 4.79 Å². The molecule has 2 fully saturated rings. The van der Waals surface area contributed by atoms with E-state index in [1.165, 1.54) is 0 Å². The molecule has 1 N–H and O–H groups in total. The average molecular weight is 517 g/mol. The van der Waals surface area contributed by atoms with Crippen molar-refractivity contribution < 1.29 is 13.2 Å². The fraction of sp³-hybridized carbons (Fsp3) is 0.455. The van der Waals surface area contributed by atoms with Gasteiger partial charge in [0.1, 0.15) is 5.82 Å². The Balaban J connectivity index is 0.00000245. The third kappa shape index (κ3) is 4.32. The summed E-state index contributed by atoms with van der Waals surface area (Å²) < 4.78 is 23.6. The molecule has 1 aromatic heterocycles. The number of amides is 1. The molecule has 3 aliphatic carbocycles. The Morgan fingerprint density at radius 1 is 1.00 bits per heavy atom. The molecule has 1 aromatic carbocycles. The van der Waals surface area contributed by atoms with Gasteiger partial charge >= 0.3 is 0 Å². The van der Waals surface area contributed by atoms with Gasteiger partial charge in [-0.15, -0.1) is 12.4 Å². The van der Waals surface area contributed by atoms with Crippen molar-refractivity contribution in [2.75, 3.05) is 29.9 Å². The van der Waals surface area contributed by atoms with E-state index in [0.717, 1.165) is 48.3 Å². The first-order valence-corrected chi connectivity index (χ1v) is 13.1. The van der Waals surface area contributed by atoms with E-state index in [0.29, 0.717) is 27.4 Å². The molecule has 32 heavy (non-hydrogen) atoms. The number of carbonyl (C=O) groups excluding carboxylic acids is 1. The van der Waals surface area contributed by atoms with E-state index in [4.69, 9.17) is 23.2 Å². The maximum atomic E-state index is 13.3. The molecule has 1 amide bonds. The molecule has 1 saturated carbocycles. The SMILES string of the molecule is Cl.O=C(c1cnc(Nc2ccc(Cl)c(Cl)c2)c2c1C1CCC2CC1)N1CCS(=O)(=O)CC1. The number of benzene rings is 1. The highest BCUT2D eigenvalue weighted by Gasteiger charge is 2.39. The number of carbonyl (C=O) groups is 1. The Kier molecular flexibility index (Phi) is 6.65. The van der Waals surface area contributed by atoms with Gasteiger partial charge in [0.15, 0.2) is 9.84 Å². The summed E-state index contributed by atoms with van der Waals surface area (Å²) in [6.45, 7) is 0.487. The molecule has 0 unspecified atom stereocenters. The zero-order chi connectivity index (χ0) is 21.8. The lowest BCUT2D eigenvalue weighted by atomic mass is 9.66. The molecule has 1 saturated heterocycles. The summed E-state index contributed by atoms with van der Waals surface area (Å²) in [6.07, 6.45) is 5.99. The van der Waals surface area contributed by atoms with Crippen molar-refractivity contribution in [2.24, 2.45) is 0 Å². The summed E-state index contributed by atoms with van der Waals surface area (Å²) in [5.41, 5.74) is 3.65. The third-order valence-electron chi connectivity index (χ3n) is 6.75. The fourth-order valence-corrected chi connectivity index (χ4v) is 6.63. The number of pyridine rings is 1. The molecular weight excluding hydrogens is 493 g/mol. The zero-order valence-electron chi connectivity index (χ0n) is 17.3. The van der Waals surface area contributed by atoms with Crippen molar-refractivity contribution >= 4 is 62.9 Å². The van der Waals surface area contributed by atoms with Crippen molar-refractivity contribution in [1.82, 2.24) is 9.88 Å². The Morgan fingerprint density at radius 2 is 1.62 bits per heavy atom. The maximum Gasteiger partial charge on any atom is 0.255 e. The number of hydrogen-bond donors (Lipinski definition) is 1. The summed E-state index contributed by atoms with van der Waals surface area (Å²) in [5, 5.41) is 4.34. The molecule has 6 nitrogen and oxygen atoms in total. The van der Waals surface area contributed by atoms with Gasteiger partial charge in [0.2, 0.25) is 0 Å².